The third-order valence-electron chi connectivity index (χ3n) is 5.93. The van der Waals surface area contributed by atoms with E-state index in [0.29, 0.717) is 37.2 Å². The highest BCUT2D eigenvalue weighted by Gasteiger charge is 2.29. The lowest BCUT2D eigenvalue weighted by Gasteiger charge is -2.28. The van der Waals surface area contributed by atoms with Crippen LogP contribution in [-0.4, -0.2) is 45.8 Å². The summed E-state index contributed by atoms with van der Waals surface area (Å²) in [7, 11) is -3.29. The van der Waals surface area contributed by atoms with E-state index in [1.165, 1.54) is 0 Å². The lowest BCUT2D eigenvalue weighted by atomic mass is 9.86. The van der Waals surface area contributed by atoms with Crippen LogP contribution in [0.4, 0.5) is 5.69 Å². The van der Waals surface area contributed by atoms with E-state index in [-0.39, 0.29) is 17.9 Å². The second kappa shape index (κ2) is 9.80. The Hall–Kier alpha value is -3.11. The first-order valence-corrected chi connectivity index (χ1v) is 12.6. The molecule has 0 saturated heterocycles. The Bertz CT molecular complexity index is 1180. The normalized spacial score (nSPS) is 18.9. The number of aromatic nitrogens is 4. The van der Waals surface area contributed by atoms with E-state index in [9.17, 15) is 13.2 Å². The molecule has 0 aliphatic heterocycles. The van der Waals surface area contributed by atoms with Gasteiger partial charge in [-0.15, -0.1) is 5.10 Å². The van der Waals surface area contributed by atoms with E-state index in [1.807, 2.05) is 54.6 Å². The Kier molecular flexibility index (Phi) is 6.85. The average molecular weight is 469 g/mol. The zero-order valence-electron chi connectivity index (χ0n) is 18.7. The van der Waals surface area contributed by atoms with Crippen molar-refractivity contribution in [2.45, 2.75) is 50.8 Å². The minimum atomic E-state index is -3.29. The molecule has 1 amide bonds. The van der Waals surface area contributed by atoms with E-state index in [0.717, 1.165) is 11.3 Å². The number of benzene rings is 2. The zero-order chi connectivity index (χ0) is 23.4. The SMILES string of the molecule is CC(C)S(=O)(=O)NC1CCC(C(=O)Nc2ccc(-c3nnnn3-c3ccccc3)cc2)CC1. The molecule has 2 N–H and O–H groups in total. The lowest BCUT2D eigenvalue weighted by molar-refractivity contribution is -0.120. The van der Waals surface area contributed by atoms with Crippen molar-refractivity contribution in [2.24, 2.45) is 5.92 Å². The number of rotatable bonds is 7. The van der Waals surface area contributed by atoms with Gasteiger partial charge in [-0.2, -0.15) is 4.68 Å². The number of amides is 1. The molecule has 0 atom stereocenters. The fraction of sp³-hybridized carbons (Fsp3) is 0.391. The highest BCUT2D eigenvalue weighted by atomic mass is 32.2. The molecule has 1 heterocycles. The quantitative estimate of drug-likeness (QED) is 0.550. The summed E-state index contributed by atoms with van der Waals surface area (Å²) in [5.74, 6) is 0.443. The third-order valence-corrected chi connectivity index (χ3v) is 7.83. The van der Waals surface area contributed by atoms with Crippen LogP contribution in [0.1, 0.15) is 39.5 Å². The summed E-state index contributed by atoms with van der Waals surface area (Å²) < 4.78 is 28.6. The summed E-state index contributed by atoms with van der Waals surface area (Å²) in [6.07, 6.45) is 2.62. The van der Waals surface area contributed by atoms with Crippen molar-refractivity contribution in [3.05, 3.63) is 54.6 Å². The molecule has 3 aromatic rings. The van der Waals surface area contributed by atoms with Crippen molar-refractivity contribution in [2.75, 3.05) is 5.32 Å². The molecule has 0 unspecified atom stereocenters. The van der Waals surface area contributed by atoms with E-state index >= 15 is 0 Å². The Balaban J connectivity index is 1.35. The van der Waals surface area contributed by atoms with E-state index in [2.05, 4.69) is 25.6 Å². The first-order chi connectivity index (χ1) is 15.8. The van der Waals surface area contributed by atoms with Crippen molar-refractivity contribution in [1.29, 1.82) is 0 Å². The number of anilines is 1. The molecular formula is C23H28N6O3S. The van der Waals surface area contributed by atoms with Crippen molar-refractivity contribution in [3.8, 4) is 17.1 Å². The highest BCUT2D eigenvalue weighted by molar-refractivity contribution is 7.90. The predicted molar refractivity (Wildman–Crippen MR) is 126 cm³/mol. The molecule has 0 radical (unpaired) electrons. The van der Waals surface area contributed by atoms with Gasteiger partial charge in [-0.25, -0.2) is 13.1 Å². The summed E-state index contributed by atoms with van der Waals surface area (Å²) in [6, 6.07) is 16.9. The number of hydrogen-bond acceptors (Lipinski definition) is 6. The van der Waals surface area contributed by atoms with Gasteiger partial charge >= 0.3 is 0 Å². The second-order valence-electron chi connectivity index (χ2n) is 8.58. The molecule has 2 aromatic carbocycles. The summed E-state index contributed by atoms with van der Waals surface area (Å²) in [5.41, 5.74) is 2.39. The number of para-hydroxylation sites is 1. The summed E-state index contributed by atoms with van der Waals surface area (Å²) in [5, 5.41) is 14.5. The Morgan fingerprint density at radius 2 is 1.67 bits per heavy atom. The Morgan fingerprint density at radius 1 is 1.00 bits per heavy atom. The molecule has 1 aliphatic rings. The number of carbonyl (C=O) groups is 1. The molecule has 0 spiro atoms. The minimum Gasteiger partial charge on any atom is -0.326 e. The Morgan fingerprint density at radius 3 is 2.30 bits per heavy atom. The third kappa shape index (κ3) is 5.45. The van der Waals surface area contributed by atoms with E-state index in [1.54, 1.807) is 18.5 Å². The zero-order valence-corrected chi connectivity index (χ0v) is 19.5. The van der Waals surface area contributed by atoms with Gasteiger partial charge < -0.3 is 5.32 Å². The average Bonchev–Trinajstić information content (AvgIpc) is 3.30. The van der Waals surface area contributed by atoms with Crippen LogP contribution in [0.2, 0.25) is 0 Å². The van der Waals surface area contributed by atoms with Gasteiger partial charge in [0.2, 0.25) is 15.9 Å². The summed E-state index contributed by atoms with van der Waals surface area (Å²) >= 11 is 0. The van der Waals surface area contributed by atoms with Gasteiger partial charge in [-0.1, -0.05) is 18.2 Å². The van der Waals surface area contributed by atoms with Crippen LogP contribution >= 0.6 is 0 Å². The molecule has 9 nitrogen and oxygen atoms in total. The monoisotopic (exact) mass is 468 g/mol. The van der Waals surface area contributed by atoms with Crippen LogP contribution in [0.5, 0.6) is 0 Å². The van der Waals surface area contributed by atoms with Gasteiger partial charge in [0.25, 0.3) is 0 Å². The van der Waals surface area contributed by atoms with Gasteiger partial charge in [0.15, 0.2) is 5.82 Å². The topological polar surface area (TPSA) is 119 Å². The van der Waals surface area contributed by atoms with Crippen molar-refractivity contribution in [3.63, 3.8) is 0 Å². The fourth-order valence-electron chi connectivity index (χ4n) is 3.90. The first-order valence-electron chi connectivity index (χ1n) is 11.1. The van der Waals surface area contributed by atoms with Crippen LogP contribution in [0, 0.1) is 5.92 Å². The number of nitrogens with zero attached hydrogens (tertiary/aromatic N) is 4. The van der Waals surface area contributed by atoms with Crippen LogP contribution in [0.15, 0.2) is 54.6 Å². The van der Waals surface area contributed by atoms with Crippen LogP contribution in [-0.2, 0) is 14.8 Å². The highest BCUT2D eigenvalue weighted by Crippen LogP contribution is 2.27. The maximum Gasteiger partial charge on any atom is 0.227 e. The first kappa shape index (κ1) is 23.1. The van der Waals surface area contributed by atoms with Gasteiger partial charge in [-0.05, 0) is 86.4 Å². The Labute approximate surface area is 193 Å². The molecule has 1 saturated carbocycles. The number of sulfonamides is 1. The van der Waals surface area contributed by atoms with Crippen LogP contribution < -0.4 is 10.0 Å². The molecule has 1 fully saturated rings. The van der Waals surface area contributed by atoms with Gasteiger partial charge in [0.05, 0.1) is 10.9 Å². The fourth-order valence-corrected chi connectivity index (χ4v) is 4.87. The molecule has 1 aromatic heterocycles. The van der Waals surface area contributed by atoms with E-state index in [4.69, 9.17) is 0 Å². The van der Waals surface area contributed by atoms with Gasteiger partial charge in [0.1, 0.15) is 0 Å². The van der Waals surface area contributed by atoms with Crippen molar-refractivity contribution >= 4 is 21.6 Å². The minimum absolute atomic E-state index is 0.0398. The smallest absolute Gasteiger partial charge is 0.227 e. The maximum atomic E-state index is 12.7. The number of nitrogens with one attached hydrogen (secondary N) is 2. The van der Waals surface area contributed by atoms with Gasteiger partial charge in [0, 0.05) is 23.2 Å². The van der Waals surface area contributed by atoms with Crippen molar-refractivity contribution in [1.82, 2.24) is 24.9 Å². The number of carbonyl (C=O) groups excluding carboxylic acids is 1. The molecule has 33 heavy (non-hydrogen) atoms. The molecular weight excluding hydrogens is 440 g/mol. The predicted octanol–water partition coefficient (Wildman–Crippen LogP) is 3.15. The molecule has 4 rings (SSSR count). The number of hydrogen-bond donors (Lipinski definition) is 2. The maximum absolute atomic E-state index is 12.7. The lowest BCUT2D eigenvalue weighted by Crippen LogP contribution is -2.42. The van der Waals surface area contributed by atoms with E-state index < -0.39 is 15.3 Å². The summed E-state index contributed by atoms with van der Waals surface area (Å²) in [6.45, 7) is 3.32. The molecule has 0 bridgehead atoms. The van der Waals surface area contributed by atoms with Gasteiger partial charge in [-0.3, -0.25) is 4.79 Å². The van der Waals surface area contributed by atoms with Crippen LogP contribution in [0.3, 0.4) is 0 Å². The van der Waals surface area contributed by atoms with Crippen LogP contribution in [0.25, 0.3) is 17.1 Å². The molecule has 10 heteroatoms. The second-order valence-corrected chi connectivity index (χ2v) is 10.8. The standard InChI is InChI=1S/C23H28N6O3S/c1-16(2)33(31,32)26-20-14-10-18(11-15-20)23(30)24-19-12-8-17(9-13-19)22-25-27-28-29(22)21-6-4-3-5-7-21/h3-9,12-13,16,18,20,26H,10-11,14-15H2,1-2H3,(H,24,30). The number of tetrazole rings is 1. The molecule has 174 valence electrons. The molecule has 1 aliphatic carbocycles. The summed E-state index contributed by atoms with van der Waals surface area (Å²) in [4.78, 5) is 12.7. The van der Waals surface area contributed by atoms with Crippen molar-refractivity contribution < 1.29 is 13.2 Å². The largest absolute Gasteiger partial charge is 0.326 e.